The Kier molecular flexibility index (Phi) is 22.1. The van der Waals surface area contributed by atoms with Crippen molar-refractivity contribution in [1.29, 1.82) is 0 Å². The molecule has 0 spiro atoms. The summed E-state index contributed by atoms with van der Waals surface area (Å²) < 4.78 is 76.5. The van der Waals surface area contributed by atoms with Crippen LogP contribution in [-0.2, 0) is 76.0 Å². The maximum Gasteiger partial charge on any atom is 0.338 e. The first-order valence-electron chi connectivity index (χ1n) is 25.6. The molecule has 83 heavy (non-hydrogen) atoms. The number of ether oxygens (including phenoxy) is 13. The highest BCUT2D eigenvalue weighted by atomic mass is 16.8. The number of hydrogen-bond acceptors (Lipinski definition) is 29. The van der Waals surface area contributed by atoms with Gasteiger partial charge in [0.15, 0.2) is 42.6 Å². The number of aliphatic hydroxyl groups excluding tert-OH is 9. The van der Waals surface area contributed by atoms with Crippen molar-refractivity contribution >= 4 is 42.0 Å². The summed E-state index contributed by atoms with van der Waals surface area (Å²) in [6.07, 6.45) is -33.7. The second-order valence-electron chi connectivity index (χ2n) is 19.2. The fourth-order valence-electron chi connectivity index (χ4n) is 9.06. The number of benzene rings is 3. The molecule has 29 heteroatoms. The third-order valence-electron chi connectivity index (χ3n) is 13.4. The van der Waals surface area contributed by atoms with E-state index in [2.05, 4.69) is 0 Å². The van der Waals surface area contributed by atoms with Crippen LogP contribution in [0.4, 0.5) is 0 Å². The van der Waals surface area contributed by atoms with Gasteiger partial charge in [0, 0.05) is 26.0 Å². The minimum Gasteiger partial charge on any atom is -0.508 e. The molecule has 0 saturated carbocycles. The number of methoxy groups -OCH3 is 1. The minimum atomic E-state index is -2.94. The maximum atomic E-state index is 14.1. The van der Waals surface area contributed by atoms with E-state index in [0.29, 0.717) is 11.1 Å². The lowest BCUT2D eigenvalue weighted by Gasteiger charge is -2.50. The van der Waals surface area contributed by atoms with Crippen LogP contribution in [0.15, 0.2) is 84.9 Å². The second kappa shape index (κ2) is 28.7. The molecular weight excluding hydrogens is 1110 g/mol. The van der Waals surface area contributed by atoms with Gasteiger partial charge in [-0.1, -0.05) is 36.4 Å². The summed E-state index contributed by atoms with van der Waals surface area (Å²) in [4.78, 5) is 66.3. The van der Waals surface area contributed by atoms with Crippen molar-refractivity contribution in [2.24, 2.45) is 0 Å². The van der Waals surface area contributed by atoms with E-state index < -0.39 is 179 Å². The summed E-state index contributed by atoms with van der Waals surface area (Å²) >= 11 is 0. The molecule has 0 amide bonds. The number of hydrogen-bond donors (Lipinski definition) is 11. The van der Waals surface area contributed by atoms with Gasteiger partial charge in [-0.2, -0.15) is 0 Å². The average Bonchev–Trinajstić information content (AvgIpc) is 4.00. The standard InChI is InChI=1S/C54H64O29/c1-25(57)72-22-35-40(64)43(67)45(69)52(76-35)79-47-46(78-38(62)18-12-27-9-14-30(59)15-10-27)36(23-73-26(2)58)77-53(48(47)80-51-44(68)42(66)39(63)33(20-55)75-51)83-54(24-74-37(61)17-13-28-11-16-31(60)32(19-28)71-3)49(41(65)34(21-56)82-54)81-50(70)29-7-5-4-6-8-29/h4-19,33-36,39-49,51-53,55-56,59-60,63-69H,20-24H2,1-3H3/t33-,34+,35+,36+,39+,40-,41+,42-,43+,44-,45-,46-,47-,48-,49+,51-,52+,53-,54+/m0/s1. The molecule has 0 unspecified atom stereocenters. The Balaban J connectivity index is 1.39. The quantitative estimate of drug-likeness (QED) is 0.0275. The van der Waals surface area contributed by atoms with E-state index in [9.17, 15) is 80.1 Å². The molecule has 4 heterocycles. The zero-order chi connectivity index (χ0) is 60.3. The number of esters is 5. The predicted octanol–water partition coefficient (Wildman–Crippen LogP) is -2.79. The fraction of sp³-hybridized carbons (Fsp3) is 0.500. The van der Waals surface area contributed by atoms with Crippen LogP contribution in [0.5, 0.6) is 17.2 Å². The molecule has 0 bridgehead atoms. The molecule has 3 aromatic carbocycles. The number of rotatable bonds is 22. The summed E-state index contributed by atoms with van der Waals surface area (Å²) in [5.74, 6) is -8.69. The van der Waals surface area contributed by atoms with Crippen LogP contribution in [0.25, 0.3) is 12.2 Å². The number of carbonyl (C=O) groups is 5. The molecule has 4 fully saturated rings. The second-order valence-corrected chi connectivity index (χ2v) is 19.2. The Labute approximate surface area is 471 Å². The third-order valence-corrected chi connectivity index (χ3v) is 13.4. The van der Waals surface area contributed by atoms with Crippen molar-refractivity contribution in [1.82, 2.24) is 0 Å². The zero-order valence-corrected chi connectivity index (χ0v) is 44.4. The van der Waals surface area contributed by atoms with E-state index >= 15 is 0 Å². The Morgan fingerprint density at radius 3 is 1.73 bits per heavy atom. The zero-order valence-electron chi connectivity index (χ0n) is 44.4. The van der Waals surface area contributed by atoms with Gasteiger partial charge in [0.25, 0.3) is 0 Å². The van der Waals surface area contributed by atoms with Crippen molar-refractivity contribution in [2.75, 3.05) is 40.1 Å². The molecule has 0 radical (unpaired) electrons. The first-order chi connectivity index (χ1) is 39.6. The van der Waals surface area contributed by atoms with Gasteiger partial charge >= 0.3 is 29.8 Å². The van der Waals surface area contributed by atoms with Crippen LogP contribution in [0, 0.1) is 0 Å². The van der Waals surface area contributed by atoms with Gasteiger partial charge in [0.2, 0.25) is 5.79 Å². The van der Waals surface area contributed by atoms with E-state index in [1.165, 1.54) is 86.0 Å². The predicted molar refractivity (Wildman–Crippen MR) is 271 cm³/mol. The van der Waals surface area contributed by atoms with E-state index in [0.717, 1.165) is 26.0 Å². The fourth-order valence-corrected chi connectivity index (χ4v) is 9.06. The minimum absolute atomic E-state index is 0.0317. The number of phenols is 2. The van der Waals surface area contributed by atoms with Gasteiger partial charge in [0.05, 0.1) is 25.9 Å². The van der Waals surface area contributed by atoms with Crippen LogP contribution in [0.3, 0.4) is 0 Å². The molecule has 4 saturated heterocycles. The summed E-state index contributed by atoms with van der Waals surface area (Å²) in [5.41, 5.74) is 0.528. The van der Waals surface area contributed by atoms with Gasteiger partial charge in [-0.05, 0) is 59.7 Å². The number of aliphatic hydroxyl groups is 9. The molecular formula is C54H64O29. The van der Waals surface area contributed by atoms with Crippen molar-refractivity contribution in [3.8, 4) is 17.2 Å². The van der Waals surface area contributed by atoms with Crippen molar-refractivity contribution in [2.45, 2.75) is 130 Å². The summed E-state index contributed by atoms with van der Waals surface area (Å²) in [6, 6.07) is 16.6. The highest BCUT2D eigenvalue weighted by molar-refractivity contribution is 5.90. The van der Waals surface area contributed by atoms with Crippen molar-refractivity contribution < 1.29 is 142 Å². The van der Waals surface area contributed by atoms with Gasteiger partial charge in [-0.15, -0.1) is 0 Å². The Hall–Kier alpha value is -6.75. The summed E-state index contributed by atoms with van der Waals surface area (Å²) in [7, 11) is 1.28. The normalized spacial score (nSPS) is 33.5. The van der Waals surface area contributed by atoms with Crippen molar-refractivity contribution in [3.05, 3.63) is 102 Å². The Morgan fingerprint density at radius 1 is 0.566 bits per heavy atom. The number of aromatic hydroxyl groups is 2. The smallest absolute Gasteiger partial charge is 0.338 e. The van der Waals surface area contributed by atoms with Crippen LogP contribution >= 0.6 is 0 Å². The van der Waals surface area contributed by atoms with Crippen LogP contribution in [0.2, 0.25) is 0 Å². The van der Waals surface area contributed by atoms with E-state index in [-0.39, 0.29) is 22.8 Å². The van der Waals surface area contributed by atoms with Gasteiger partial charge in [-0.3, -0.25) is 9.59 Å². The van der Waals surface area contributed by atoms with Gasteiger partial charge in [-0.25, -0.2) is 14.4 Å². The van der Waals surface area contributed by atoms with Crippen molar-refractivity contribution in [3.63, 3.8) is 0 Å². The molecule has 4 aliphatic rings. The first-order valence-corrected chi connectivity index (χ1v) is 25.6. The van der Waals surface area contributed by atoms with E-state index in [1.807, 2.05) is 0 Å². The molecule has 7 rings (SSSR count). The molecule has 19 atom stereocenters. The molecule has 29 nitrogen and oxygen atoms in total. The SMILES string of the molecule is COc1cc(C=CC(=O)OC[C@]2(O[C@@H]3O[C@H](COC(C)=O)[C@H](OC(=O)C=Cc4ccc(O)cc4)[C@H](O[C@H]4O[C@H](COC(C)=O)[C@H](O)[C@@H](O)[C@@H]4O)[C@@H]3O[C@@H]3O[C@@H](CO)[C@@H](O)[C@H](O)[C@@H]3O)O[C@H](CO)[C@@H](O)[C@H]2OC(=O)c2ccccc2)ccc1O. The topological polar surface area (TPSA) is 428 Å². The highest BCUT2D eigenvalue weighted by Gasteiger charge is 2.64. The van der Waals surface area contributed by atoms with E-state index in [4.69, 9.17) is 61.6 Å². The lowest BCUT2D eigenvalue weighted by atomic mass is 9.95. The Bertz CT molecular complexity index is 2720. The van der Waals surface area contributed by atoms with Gasteiger partial charge in [0.1, 0.15) is 105 Å². The number of carbonyl (C=O) groups excluding carboxylic acids is 5. The largest absolute Gasteiger partial charge is 0.508 e. The van der Waals surface area contributed by atoms with E-state index in [1.54, 1.807) is 6.07 Å². The average molecular weight is 1180 g/mol. The summed E-state index contributed by atoms with van der Waals surface area (Å²) in [5, 5.41) is 120. The van der Waals surface area contributed by atoms with Crippen LogP contribution < -0.4 is 4.74 Å². The highest BCUT2D eigenvalue weighted by Crippen LogP contribution is 2.42. The molecule has 3 aromatic rings. The lowest BCUT2D eigenvalue weighted by Crippen LogP contribution is -2.69. The molecule has 0 aliphatic carbocycles. The number of phenolic OH excluding ortho intramolecular Hbond substituents is 2. The third kappa shape index (κ3) is 15.7. The monoisotopic (exact) mass is 1180 g/mol. The Morgan fingerprint density at radius 2 is 1.12 bits per heavy atom. The maximum absolute atomic E-state index is 14.1. The van der Waals surface area contributed by atoms with Crippen LogP contribution in [-0.4, -0.2) is 242 Å². The molecule has 11 N–H and O–H groups in total. The summed E-state index contributed by atoms with van der Waals surface area (Å²) in [6.45, 7) is -3.04. The molecule has 454 valence electrons. The first kappa shape index (κ1) is 63.8. The molecule has 4 aliphatic heterocycles. The van der Waals surface area contributed by atoms with Gasteiger partial charge < -0.3 is 118 Å². The molecule has 0 aromatic heterocycles. The van der Waals surface area contributed by atoms with Crippen LogP contribution in [0.1, 0.15) is 35.3 Å². The lowest BCUT2D eigenvalue weighted by molar-refractivity contribution is -0.421.